The molecule has 0 bridgehead atoms. The lowest BCUT2D eigenvalue weighted by molar-refractivity contribution is -0.142. The van der Waals surface area contributed by atoms with Crippen LogP contribution in [0.4, 0.5) is 0 Å². The van der Waals surface area contributed by atoms with E-state index in [2.05, 4.69) is 13.5 Å². The molecular formula is C21H28O3. The van der Waals surface area contributed by atoms with Gasteiger partial charge in [-0.1, -0.05) is 43.6 Å². The SMILES string of the molecule is C=C(C)[C@@H]1CCC(C)=C[C@H]1C1C(=O)C=C(CCCCC)C(=O)C1=O. The standard InChI is InChI=1S/C21H28O3/c1-5-6-7-8-15-12-18(22)19(21(24)20(15)23)17-11-14(4)9-10-16(17)13(2)3/h11-12,16-17,19H,2,5-10H2,1,3-4H3/t16-,17+,19?/m0/s1. The van der Waals surface area contributed by atoms with Gasteiger partial charge in [0, 0.05) is 11.5 Å². The van der Waals surface area contributed by atoms with E-state index in [1.807, 2.05) is 19.9 Å². The summed E-state index contributed by atoms with van der Waals surface area (Å²) in [6.45, 7) is 10.1. The predicted octanol–water partition coefficient (Wildman–Crippen LogP) is 4.38. The Morgan fingerprint density at radius 3 is 2.58 bits per heavy atom. The van der Waals surface area contributed by atoms with Crippen molar-refractivity contribution in [2.75, 3.05) is 0 Å². The van der Waals surface area contributed by atoms with Crippen LogP contribution in [0.1, 0.15) is 59.3 Å². The topological polar surface area (TPSA) is 51.2 Å². The summed E-state index contributed by atoms with van der Waals surface area (Å²) in [4.78, 5) is 37.8. The molecule has 3 nitrogen and oxygen atoms in total. The van der Waals surface area contributed by atoms with Crippen molar-refractivity contribution in [2.45, 2.75) is 59.3 Å². The highest BCUT2D eigenvalue weighted by Gasteiger charge is 2.44. The first kappa shape index (κ1) is 18.6. The molecule has 130 valence electrons. The molecule has 0 aromatic carbocycles. The largest absolute Gasteiger partial charge is 0.294 e. The smallest absolute Gasteiger partial charge is 0.225 e. The molecule has 0 saturated carbocycles. The zero-order chi connectivity index (χ0) is 17.9. The summed E-state index contributed by atoms with van der Waals surface area (Å²) in [6.07, 6.45) is 8.72. The van der Waals surface area contributed by atoms with Gasteiger partial charge in [0.2, 0.25) is 11.6 Å². The monoisotopic (exact) mass is 328 g/mol. The first-order chi connectivity index (χ1) is 11.4. The van der Waals surface area contributed by atoms with Gasteiger partial charge in [0.1, 0.15) is 0 Å². The molecule has 0 amide bonds. The van der Waals surface area contributed by atoms with Crippen molar-refractivity contribution in [1.29, 1.82) is 0 Å². The van der Waals surface area contributed by atoms with E-state index < -0.39 is 17.5 Å². The van der Waals surface area contributed by atoms with Crippen molar-refractivity contribution >= 4 is 17.3 Å². The molecule has 0 aliphatic heterocycles. The summed E-state index contributed by atoms with van der Waals surface area (Å²) in [5, 5.41) is 0. The molecule has 2 aliphatic rings. The molecule has 0 N–H and O–H groups in total. The Morgan fingerprint density at radius 1 is 1.25 bits per heavy atom. The van der Waals surface area contributed by atoms with Gasteiger partial charge in [-0.05, 0) is 51.5 Å². The Morgan fingerprint density at radius 2 is 1.96 bits per heavy atom. The highest BCUT2D eigenvalue weighted by atomic mass is 16.2. The zero-order valence-corrected chi connectivity index (χ0v) is 15.1. The van der Waals surface area contributed by atoms with Gasteiger partial charge < -0.3 is 0 Å². The summed E-state index contributed by atoms with van der Waals surface area (Å²) < 4.78 is 0. The van der Waals surface area contributed by atoms with Crippen LogP contribution in [0.25, 0.3) is 0 Å². The summed E-state index contributed by atoms with van der Waals surface area (Å²) in [7, 11) is 0. The van der Waals surface area contributed by atoms with E-state index >= 15 is 0 Å². The van der Waals surface area contributed by atoms with Crippen LogP contribution in [0.5, 0.6) is 0 Å². The van der Waals surface area contributed by atoms with Gasteiger partial charge >= 0.3 is 0 Å². The predicted molar refractivity (Wildman–Crippen MR) is 95.5 cm³/mol. The first-order valence-electron chi connectivity index (χ1n) is 9.02. The van der Waals surface area contributed by atoms with E-state index in [0.29, 0.717) is 12.0 Å². The highest BCUT2D eigenvalue weighted by molar-refractivity contribution is 6.50. The average molecular weight is 328 g/mol. The molecule has 0 radical (unpaired) electrons. The summed E-state index contributed by atoms with van der Waals surface area (Å²) in [6, 6.07) is 0. The fraction of sp³-hybridized carbons (Fsp3) is 0.571. The van der Waals surface area contributed by atoms with Crippen LogP contribution < -0.4 is 0 Å². The number of allylic oxidation sites excluding steroid dienone is 5. The average Bonchev–Trinajstić information content (AvgIpc) is 2.52. The Balaban J connectivity index is 2.29. The maximum absolute atomic E-state index is 12.7. The molecular weight excluding hydrogens is 300 g/mol. The molecule has 0 aromatic rings. The van der Waals surface area contributed by atoms with Crippen molar-refractivity contribution in [2.24, 2.45) is 17.8 Å². The number of hydrogen-bond donors (Lipinski definition) is 0. The highest BCUT2D eigenvalue weighted by Crippen LogP contribution is 2.40. The molecule has 2 aliphatic carbocycles. The van der Waals surface area contributed by atoms with Gasteiger partial charge in [-0.15, -0.1) is 0 Å². The van der Waals surface area contributed by atoms with Crippen LogP contribution >= 0.6 is 0 Å². The zero-order valence-electron chi connectivity index (χ0n) is 15.1. The Hall–Kier alpha value is -1.77. The number of carbonyl (C=O) groups excluding carboxylic acids is 3. The lowest BCUT2D eigenvalue weighted by atomic mass is 9.66. The third-order valence-electron chi connectivity index (χ3n) is 5.28. The third-order valence-corrected chi connectivity index (χ3v) is 5.28. The number of unbranched alkanes of at least 4 members (excludes halogenated alkanes) is 2. The molecule has 3 heteroatoms. The van der Waals surface area contributed by atoms with E-state index in [4.69, 9.17) is 0 Å². The summed E-state index contributed by atoms with van der Waals surface area (Å²) in [5.41, 5.74) is 2.57. The van der Waals surface area contributed by atoms with E-state index in [1.165, 1.54) is 11.6 Å². The second-order valence-corrected chi connectivity index (χ2v) is 7.28. The van der Waals surface area contributed by atoms with Crippen LogP contribution in [0, 0.1) is 17.8 Å². The van der Waals surface area contributed by atoms with Crippen molar-refractivity contribution in [3.8, 4) is 0 Å². The van der Waals surface area contributed by atoms with Crippen LogP contribution in [-0.2, 0) is 14.4 Å². The van der Waals surface area contributed by atoms with Crippen LogP contribution in [0.15, 0.2) is 35.5 Å². The minimum absolute atomic E-state index is 0.0921. The van der Waals surface area contributed by atoms with Gasteiger partial charge in [0.05, 0.1) is 5.92 Å². The molecule has 0 saturated heterocycles. The number of ketones is 3. The molecule has 3 atom stereocenters. The van der Waals surface area contributed by atoms with E-state index in [9.17, 15) is 14.4 Å². The fourth-order valence-corrected chi connectivity index (χ4v) is 3.88. The molecule has 2 rings (SSSR count). The van der Waals surface area contributed by atoms with E-state index in [-0.39, 0.29) is 17.6 Å². The van der Waals surface area contributed by atoms with Gasteiger partial charge in [-0.2, -0.15) is 0 Å². The molecule has 1 unspecified atom stereocenters. The fourth-order valence-electron chi connectivity index (χ4n) is 3.88. The van der Waals surface area contributed by atoms with Crippen molar-refractivity contribution in [1.82, 2.24) is 0 Å². The molecule has 0 fully saturated rings. The quantitative estimate of drug-likeness (QED) is 0.315. The molecule has 0 heterocycles. The number of hydrogen-bond acceptors (Lipinski definition) is 3. The van der Waals surface area contributed by atoms with E-state index in [0.717, 1.165) is 37.7 Å². The van der Waals surface area contributed by atoms with Crippen molar-refractivity contribution in [3.05, 3.63) is 35.5 Å². The first-order valence-corrected chi connectivity index (χ1v) is 9.02. The van der Waals surface area contributed by atoms with Gasteiger partial charge in [-0.3, -0.25) is 14.4 Å². The minimum atomic E-state index is -0.857. The number of carbonyl (C=O) groups is 3. The lowest BCUT2D eigenvalue weighted by Gasteiger charge is -2.35. The molecule has 24 heavy (non-hydrogen) atoms. The molecule has 0 spiro atoms. The van der Waals surface area contributed by atoms with Crippen molar-refractivity contribution in [3.63, 3.8) is 0 Å². The van der Waals surface area contributed by atoms with Crippen LogP contribution in [0.3, 0.4) is 0 Å². The van der Waals surface area contributed by atoms with Gasteiger partial charge in [0.15, 0.2) is 5.78 Å². The van der Waals surface area contributed by atoms with Gasteiger partial charge in [0.25, 0.3) is 0 Å². The number of Topliss-reactive ketones (excluding diaryl/α,β-unsaturated/α-hetero) is 2. The summed E-state index contributed by atoms with van der Waals surface area (Å²) in [5.74, 6) is -2.16. The van der Waals surface area contributed by atoms with Gasteiger partial charge in [-0.25, -0.2) is 0 Å². The maximum atomic E-state index is 12.7. The lowest BCUT2D eigenvalue weighted by Crippen LogP contribution is -2.42. The van der Waals surface area contributed by atoms with Crippen LogP contribution in [0.2, 0.25) is 0 Å². The second-order valence-electron chi connectivity index (χ2n) is 7.28. The minimum Gasteiger partial charge on any atom is -0.294 e. The van der Waals surface area contributed by atoms with E-state index in [1.54, 1.807) is 0 Å². The Kier molecular flexibility index (Phi) is 6.09. The Bertz CT molecular complexity index is 621. The Labute approximate surface area is 144 Å². The van der Waals surface area contributed by atoms with Crippen molar-refractivity contribution < 1.29 is 14.4 Å². The normalized spacial score (nSPS) is 27.8. The number of rotatable bonds is 6. The maximum Gasteiger partial charge on any atom is 0.225 e. The van der Waals surface area contributed by atoms with Crippen LogP contribution in [-0.4, -0.2) is 17.3 Å². The third kappa shape index (κ3) is 3.82. The molecule has 0 aromatic heterocycles. The second kappa shape index (κ2) is 7.87. The summed E-state index contributed by atoms with van der Waals surface area (Å²) >= 11 is 0.